The topological polar surface area (TPSA) is 56.3 Å². The molecule has 0 fully saturated rings. The fraction of sp³-hybridized carbons (Fsp3) is 0.273. The van der Waals surface area contributed by atoms with Crippen LogP contribution in [0.5, 0.6) is 11.5 Å². The molecule has 1 aromatic heterocycles. The summed E-state index contributed by atoms with van der Waals surface area (Å²) in [6, 6.07) is 5.68. The van der Waals surface area contributed by atoms with E-state index < -0.39 is 0 Å². The van der Waals surface area contributed by atoms with Gasteiger partial charge in [-0.3, -0.25) is 0 Å². The molecule has 0 bridgehead atoms. The van der Waals surface area contributed by atoms with Crippen LogP contribution in [-0.4, -0.2) is 31.5 Å². The molecule has 6 heteroatoms. The van der Waals surface area contributed by atoms with Crippen LogP contribution in [0.4, 0.5) is 5.13 Å². The van der Waals surface area contributed by atoms with Gasteiger partial charge in [0.1, 0.15) is 5.01 Å². The Labute approximate surface area is 103 Å². The third kappa shape index (κ3) is 2.31. The lowest BCUT2D eigenvalue weighted by atomic mass is 10.2. The van der Waals surface area contributed by atoms with Crippen LogP contribution in [0.25, 0.3) is 10.6 Å². The Balaban J connectivity index is 2.38. The molecule has 0 aliphatic heterocycles. The average Bonchev–Trinajstić information content (AvgIpc) is 2.86. The van der Waals surface area contributed by atoms with Gasteiger partial charge in [-0.15, -0.1) is 10.2 Å². The van der Waals surface area contributed by atoms with E-state index in [2.05, 4.69) is 15.5 Å². The van der Waals surface area contributed by atoms with Gasteiger partial charge in [-0.2, -0.15) is 0 Å². The first-order valence-corrected chi connectivity index (χ1v) is 5.83. The Hall–Kier alpha value is -1.82. The molecule has 90 valence electrons. The van der Waals surface area contributed by atoms with E-state index in [0.29, 0.717) is 11.5 Å². The Morgan fingerprint density at radius 2 is 1.88 bits per heavy atom. The zero-order valence-electron chi connectivity index (χ0n) is 9.85. The van der Waals surface area contributed by atoms with Crippen molar-refractivity contribution in [3.63, 3.8) is 0 Å². The summed E-state index contributed by atoms with van der Waals surface area (Å²) in [5, 5.41) is 12.7. The molecule has 0 unspecified atom stereocenters. The normalized spacial score (nSPS) is 10.1. The van der Waals surface area contributed by atoms with Crippen LogP contribution >= 0.6 is 11.3 Å². The van der Waals surface area contributed by atoms with Crippen molar-refractivity contribution in [1.29, 1.82) is 0 Å². The van der Waals surface area contributed by atoms with E-state index >= 15 is 0 Å². The number of nitrogens with zero attached hydrogens (tertiary/aromatic N) is 2. The molecule has 2 rings (SSSR count). The predicted octanol–water partition coefficient (Wildman–Crippen LogP) is 2.26. The number of nitrogens with one attached hydrogen (secondary N) is 1. The summed E-state index contributed by atoms with van der Waals surface area (Å²) in [5.74, 6) is 1.39. The third-order valence-electron chi connectivity index (χ3n) is 2.27. The maximum Gasteiger partial charge on any atom is 0.205 e. The molecule has 0 radical (unpaired) electrons. The number of anilines is 1. The molecule has 0 saturated heterocycles. The number of aromatic nitrogens is 2. The lowest BCUT2D eigenvalue weighted by molar-refractivity contribution is 0.355. The van der Waals surface area contributed by atoms with E-state index in [9.17, 15) is 0 Å². The van der Waals surface area contributed by atoms with E-state index in [1.807, 2.05) is 25.2 Å². The van der Waals surface area contributed by atoms with Gasteiger partial charge < -0.3 is 14.8 Å². The third-order valence-corrected chi connectivity index (χ3v) is 3.26. The van der Waals surface area contributed by atoms with Crippen molar-refractivity contribution in [2.75, 3.05) is 26.6 Å². The van der Waals surface area contributed by atoms with Crippen molar-refractivity contribution in [1.82, 2.24) is 10.2 Å². The van der Waals surface area contributed by atoms with Crippen molar-refractivity contribution < 1.29 is 9.47 Å². The first kappa shape index (κ1) is 11.7. The zero-order chi connectivity index (χ0) is 12.3. The van der Waals surface area contributed by atoms with E-state index in [-0.39, 0.29) is 0 Å². The monoisotopic (exact) mass is 251 g/mol. The van der Waals surface area contributed by atoms with Crippen molar-refractivity contribution >= 4 is 16.5 Å². The molecular weight excluding hydrogens is 238 g/mol. The highest BCUT2D eigenvalue weighted by Gasteiger charge is 2.09. The zero-order valence-corrected chi connectivity index (χ0v) is 10.7. The molecule has 0 atom stereocenters. The maximum absolute atomic E-state index is 5.25. The van der Waals surface area contributed by atoms with Gasteiger partial charge in [0, 0.05) is 12.6 Å². The highest BCUT2D eigenvalue weighted by molar-refractivity contribution is 7.18. The van der Waals surface area contributed by atoms with Gasteiger partial charge in [0.25, 0.3) is 0 Å². The molecule has 2 aromatic rings. The predicted molar refractivity (Wildman–Crippen MR) is 68.0 cm³/mol. The lowest BCUT2D eigenvalue weighted by Gasteiger charge is -2.07. The minimum Gasteiger partial charge on any atom is -0.493 e. The van der Waals surface area contributed by atoms with Gasteiger partial charge in [0.15, 0.2) is 11.5 Å². The summed E-state index contributed by atoms with van der Waals surface area (Å²) < 4.78 is 10.4. The Bertz CT molecular complexity index is 513. The summed E-state index contributed by atoms with van der Waals surface area (Å²) in [6.07, 6.45) is 0. The molecule has 1 N–H and O–H groups in total. The van der Waals surface area contributed by atoms with Gasteiger partial charge in [0.2, 0.25) is 5.13 Å². The summed E-state index contributed by atoms with van der Waals surface area (Å²) in [7, 11) is 5.04. The smallest absolute Gasteiger partial charge is 0.205 e. The Morgan fingerprint density at radius 3 is 2.47 bits per heavy atom. The maximum atomic E-state index is 5.25. The largest absolute Gasteiger partial charge is 0.493 e. The fourth-order valence-corrected chi connectivity index (χ4v) is 2.10. The van der Waals surface area contributed by atoms with E-state index in [1.165, 1.54) is 11.3 Å². The van der Waals surface area contributed by atoms with Crippen molar-refractivity contribution in [2.24, 2.45) is 0 Å². The molecular formula is C11H13N3O2S. The van der Waals surface area contributed by atoms with Gasteiger partial charge in [-0.05, 0) is 18.2 Å². The molecule has 0 spiro atoms. The minimum atomic E-state index is 0.686. The number of ether oxygens (including phenoxy) is 2. The van der Waals surface area contributed by atoms with E-state index in [1.54, 1.807) is 14.2 Å². The summed E-state index contributed by atoms with van der Waals surface area (Å²) in [5.41, 5.74) is 0.960. The number of benzene rings is 1. The molecule has 17 heavy (non-hydrogen) atoms. The number of methoxy groups -OCH3 is 2. The fourth-order valence-electron chi connectivity index (χ4n) is 1.41. The molecule has 0 amide bonds. The van der Waals surface area contributed by atoms with Crippen molar-refractivity contribution in [2.45, 2.75) is 0 Å². The second kappa shape index (κ2) is 5.01. The first-order valence-electron chi connectivity index (χ1n) is 5.02. The van der Waals surface area contributed by atoms with Crippen LogP contribution in [0.3, 0.4) is 0 Å². The summed E-state index contributed by atoms with van der Waals surface area (Å²) in [4.78, 5) is 0. The quantitative estimate of drug-likeness (QED) is 0.903. The number of rotatable bonds is 4. The Kier molecular flexibility index (Phi) is 3.43. The van der Waals surface area contributed by atoms with Crippen LogP contribution in [0.2, 0.25) is 0 Å². The number of hydrogen-bond acceptors (Lipinski definition) is 6. The minimum absolute atomic E-state index is 0.686. The molecule has 0 saturated carbocycles. The van der Waals surface area contributed by atoms with Gasteiger partial charge >= 0.3 is 0 Å². The van der Waals surface area contributed by atoms with E-state index in [4.69, 9.17) is 9.47 Å². The lowest BCUT2D eigenvalue weighted by Crippen LogP contribution is -1.90. The summed E-state index contributed by atoms with van der Waals surface area (Å²) in [6.45, 7) is 0. The van der Waals surface area contributed by atoms with Crippen LogP contribution in [0, 0.1) is 0 Å². The molecule has 0 aliphatic rings. The Morgan fingerprint density at radius 1 is 1.12 bits per heavy atom. The van der Waals surface area contributed by atoms with E-state index in [0.717, 1.165) is 15.7 Å². The van der Waals surface area contributed by atoms with Crippen molar-refractivity contribution in [3.8, 4) is 22.1 Å². The molecule has 1 aromatic carbocycles. The van der Waals surface area contributed by atoms with Gasteiger partial charge in [-0.1, -0.05) is 11.3 Å². The summed E-state index contributed by atoms with van der Waals surface area (Å²) >= 11 is 1.49. The first-order chi connectivity index (χ1) is 8.28. The molecule has 1 heterocycles. The van der Waals surface area contributed by atoms with Crippen LogP contribution < -0.4 is 14.8 Å². The highest BCUT2D eigenvalue weighted by atomic mass is 32.1. The second-order valence-corrected chi connectivity index (χ2v) is 4.21. The standard InChI is InChI=1S/C11H13N3O2S/c1-12-11-14-13-10(17-11)7-4-5-8(15-2)9(6-7)16-3/h4-6H,1-3H3,(H,12,14). The number of hydrogen-bond donors (Lipinski definition) is 1. The SMILES string of the molecule is CNc1nnc(-c2ccc(OC)c(OC)c2)s1. The highest BCUT2D eigenvalue weighted by Crippen LogP contribution is 2.34. The average molecular weight is 251 g/mol. The van der Waals surface area contributed by atoms with Crippen LogP contribution in [0.15, 0.2) is 18.2 Å². The molecule has 0 aliphatic carbocycles. The van der Waals surface area contributed by atoms with Gasteiger partial charge in [0.05, 0.1) is 14.2 Å². The second-order valence-electron chi connectivity index (χ2n) is 3.23. The molecule has 5 nitrogen and oxygen atoms in total. The van der Waals surface area contributed by atoms with Crippen molar-refractivity contribution in [3.05, 3.63) is 18.2 Å². The van der Waals surface area contributed by atoms with Crippen LogP contribution in [0.1, 0.15) is 0 Å². The van der Waals surface area contributed by atoms with Gasteiger partial charge in [-0.25, -0.2) is 0 Å². The van der Waals surface area contributed by atoms with Crippen LogP contribution in [-0.2, 0) is 0 Å².